The smallest absolute Gasteiger partial charge is 0.150 e. The number of phenols is 2. The standard InChI is InChI=1S/C10H12BrNO2.C7H5BrO2.C2H7N.CH4O.CH4/c1-12(2)5-8-3-7(6-13)4-9(11)10(8)14;8-6-3-5(4-9)1-2-7(6)10;1-3-2;1-2;/h3-4,6,14H,5H2,1-2H3;1-4,10H;3H,1-2H3;2H,1H3;1H4. The van der Waals surface area contributed by atoms with E-state index in [2.05, 4.69) is 37.2 Å². The molecule has 0 aromatic heterocycles. The summed E-state index contributed by atoms with van der Waals surface area (Å²) in [4.78, 5) is 22.7. The van der Waals surface area contributed by atoms with E-state index in [9.17, 15) is 14.7 Å². The molecule has 0 unspecified atom stereocenters. The second kappa shape index (κ2) is 19.2. The van der Waals surface area contributed by atoms with Gasteiger partial charge in [-0.25, -0.2) is 0 Å². The quantitative estimate of drug-likeness (QED) is 0.424. The molecule has 170 valence electrons. The molecule has 0 aliphatic rings. The van der Waals surface area contributed by atoms with E-state index >= 15 is 0 Å². The van der Waals surface area contributed by atoms with Crippen molar-refractivity contribution in [3.8, 4) is 11.5 Å². The lowest BCUT2D eigenvalue weighted by molar-refractivity contribution is 0.111. The third-order valence-electron chi connectivity index (χ3n) is 2.90. The number of aliphatic hydroxyl groups is 1. The van der Waals surface area contributed by atoms with Crippen molar-refractivity contribution in [3.05, 3.63) is 56.0 Å². The summed E-state index contributed by atoms with van der Waals surface area (Å²) >= 11 is 6.28. The Morgan fingerprint density at radius 3 is 1.80 bits per heavy atom. The van der Waals surface area contributed by atoms with Crippen LogP contribution in [0, 0.1) is 0 Å². The highest BCUT2D eigenvalue weighted by Crippen LogP contribution is 2.29. The number of nitrogens with one attached hydrogen (secondary N) is 1. The van der Waals surface area contributed by atoms with Crippen LogP contribution in [0.4, 0.5) is 0 Å². The second-order valence-electron chi connectivity index (χ2n) is 5.69. The average Bonchev–Trinajstić information content (AvgIpc) is 2.69. The first-order valence-electron chi connectivity index (χ1n) is 8.28. The van der Waals surface area contributed by atoms with Crippen LogP contribution < -0.4 is 5.32 Å². The highest BCUT2D eigenvalue weighted by molar-refractivity contribution is 9.10. The lowest BCUT2D eigenvalue weighted by Gasteiger charge is -2.12. The first kappa shape index (κ1) is 32.9. The largest absolute Gasteiger partial charge is 0.507 e. The number of aromatic hydroxyl groups is 2. The van der Waals surface area contributed by atoms with Gasteiger partial charge in [0, 0.05) is 30.3 Å². The van der Waals surface area contributed by atoms with Gasteiger partial charge in [0.2, 0.25) is 0 Å². The number of aliphatic hydroxyl groups excluding tert-OH is 1. The molecule has 0 aliphatic heterocycles. The third-order valence-corrected chi connectivity index (χ3v) is 4.13. The zero-order valence-corrected chi connectivity index (χ0v) is 20.3. The van der Waals surface area contributed by atoms with Gasteiger partial charge in [-0.15, -0.1) is 0 Å². The number of carbonyl (C=O) groups excluding carboxylic acids is 2. The molecule has 9 heteroatoms. The predicted octanol–water partition coefficient (Wildman–Crippen LogP) is 4.08. The number of hydrogen-bond acceptors (Lipinski definition) is 7. The van der Waals surface area contributed by atoms with Gasteiger partial charge in [0.1, 0.15) is 24.1 Å². The molecular weight excluding hydrogens is 520 g/mol. The number of carbonyl (C=O) groups is 2. The van der Waals surface area contributed by atoms with Crippen molar-refractivity contribution in [2.24, 2.45) is 0 Å². The van der Waals surface area contributed by atoms with Crippen molar-refractivity contribution in [1.82, 2.24) is 10.2 Å². The topological polar surface area (TPSA) is 110 Å². The number of benzene rings is 2. The Bertz CT molecular complexity index is 756. The highest BCUT2D eigenvalue weighted by atomic mass is 79.9. The van der Waals surface area contributed by atoms with Crippen LogP contribution in [-0.4, -0.2) is 68.1 Å². The van der Waals surface area contributed by atoms with Crippen LogP contribution in [-0.2, 0) is 6.54 Å². The number of rotatable bonds is 4. The molecule has 30 heavy (non-hydrogen) atoms. The van der Waals surface area contributed by atoms with Gasteiger partial charge in [-0.05, 0) is 90.4 Å². The predicted molar refractivity (Wildman–Crippen MR) is 130 cm³/mol. The number of phenolic OH excluding ortho intramolecular Hbond substituents is 2. The molecular formula is C21H32Br2N2O5. The van der Waals surface area contributed by atoms with Crippen molar-refractivity contribution in [1.29, 1.82) is 0 Å². The van der Waals surface area contributed by atoms with Crippen LogP contribution in [0.3, 0.4) is 0 Å². The van der Waals surface area contributed by atoms with Crippen molar-refractivity contribution in [2.45, 2.75) is 14.0 Å². The van der Waals surface area contributed by atoms with Crippen LogP contribution in [0.15, 0.2) is 39.3 Å². The fourth-order valence-corrected chi connectivity index (χ4v) is 2.72. The Balaban J connectivity index is -0.000000401. The molecule has 0 spiro atoms. The Kier molecular flexibility index (Phi) is 21.0. The zero-order valence-electron chi connectivity index (χ0n) is 17.1. The molecule has 2 rings (SSSR count). The Morgan fingerprint density at radius 2 is 1.40 bits per heavy atom. The molecule has 0 bridgehead atoms. The lowest BCUT2D eigenvalue weighted by atomic mass is 10.1. The minimum Gasteiger partial charge on any atom is -0.507 e. The second-order valence-corrected chi connectivity index (χ2v) is 7.40. The van der Waals surface area contributed by atoms with Gasteiger partial charge in [-0.1, -0.05) is 7.43 Å². The summed E-state index contributed by atoms with van der Waals surface area (Å²) in [6.45, 7) is 0.603. The molecule has 0 fully saturated rings. The van der Waals surface area contributed by atoms with E-state index in [1.54, 1.807) is 24.3 Å². The van der Waals surface area contributed by atoms with Gasteiger partial charge in [0.15, 0.2) is 0 Å². The maximum absolute atomic E-state index is 10.6. The first-order chi connectivity index (χ1) is 13.7. The van der Waals surface area contributed by atoms with Gasteiger partial charge in [0.25, 0.3) is 0 Å². The molecule has 0 saturated carbocycles. The van der Waals surface area contributed by atoms with Crippen LogP contribution in [0.1, 0.15) is 33.7 Å². The summed E-state index contributed by atoms with van der Waals surface area (Å²) in [5, 5.41) is 28.4. The molecule has 0 heterocycles. The van der Waals surface area contributed by atoms with E-state index in [0.29, 0.717) is 26.6 Å². The monoisotopic (exact) mass is 550 g/mol. The third kappa shape index (κ3) is 13.4. The molecule has 0 aliphatic carbocycles. The number of aldehydes is 2. The molecule has 7 nitrogen and oxygen atoms in total. The summed E-state index contributed by atoms with van der Waals surface area (Å²) < 4.78 is 1.09. The van der Waals surface area contributed by atoms with Crippen LogP contribution in [0.25, 0.3) is 0 Å². The SMILES string of the molecule is C.CN(C)Cc1cc(C=O)cc(Br)c1O.CNC.CO.O=Cc1ccc(O)c(Br)c1. The summed E-state index contributed by atoms with van der Waals surface area (Å²) in [5.74, 6) is 0.343. The van der Waals surface area contributed by atoms with Gasteiger partial charge in [-0.3, -0.25) is 9.59 Å². The summed E-state index contributed by atoms with van der Waals surface area (Å²) in [7, 11) is 8.56. The lowest BCUT2D eigenvalue weighted by Crippen LogP contribution is -2.11. The molecule has 4 N–H and O–H groups in total. The van der Waals surface area contributed by atoms with E-state index in [4.69, 9.17) is 10.2 Å². The van der Waals surface area contributed by atoms with Gasteiger partial charge >= 0.3 is 0 Å². The van der Waals surface area contributed by atoms with Crippen molar-refractivity contribution in [3.63, 3.8) is 0 Å². The molecule has 0 amide bonds. The number of hydrogen-bond donors (Lipinski definition) is 4. The van der Waals surface area contributed by atoms with Crippen molar-refractivity contribution in [2.75, 3.05) is 35.3 Å². The highest BCUT2D eigenvalue weighted by Gasteiger charge is 2.08. The molecule has 2 aromatic carbocycles. The minimum atomic E-state index is 0. The van der Waals surface area contributed by atoms with E-state index in [1.165, 1.54) is 6.07 Å². The Morgan fingerprint density at radius 1 is 0.933 bits per heavy atom. The van der Waals surface area contributed by atoms with Gasteiger partial charge in [0.05, 0.1) is 8.95 Å². The van der Waals surface area contributed by atoms with Crippen molar-refractivity contribution < 1.29 is 24.9 Å². The molecule has 0 atom stereocenters. The summed E-state index contributed by atoms with van der Waals surface area (Å²) in [6, 6.07) is 7.86. The molecule has 0 radical (unpaired) electrons. The Hall–Kier alpha value is -1.78. The fraction of sp³-hybridized carbons (Fsp3) is 0.333. The Labute approximate surface area is 196 Å². The van der Waals surface area contributed by atoms with Gasteiger partial charge in [-0.2, -0.15) is 0 Å². The van der Waals surface area contributed by atoms with E-state index in [-0.39, 0.29) is 18.9 Å². The summed E-state index contributed by atoms with van der Waals surface area (Å²) in [6.07, 6.45) is 1.49. The van der Waals surface area contributed by atoms with E-state index < -0.39 is 0 Å². The van der Waals surface area contributed by atoms with Crippen LogP contribution in [0.2, 0.25) is 0 Å². The summed E-state index contributed by atoms with van der Waals surface area (Å²) in [5.41, 5.74) is 1.85. The molecule has 2 aromatic rings. The van der Waals surface area contributed by atoms with E-state index in [1.807, 2.05) is 33.1 Å². The van der Waals surface area contributed by atoms with Crippen molar-refractivity contribution >= 4 is 44.4 Å². The number of nitrogens with zero attached hydrogens (tertiary/aromatic N) is 1. The zero-order chi connectivity index (χ0) is 23.0. The maximum Gasteiger partial charge on any atom is 0.150 e. The minimum absolute atomic E-state index is 0. The van der Waals surface area contributed by atoms with E-state index in [0.717, 1.165) is 25.2 Å². The fourth-order valence-electron chi connectivity index (χ4n) is 1.80. The maximum atomic E-state index is 10.6. The molecule has 0 saturated heterocycles. The van der Waals surface area contributed by atoms with Gasteiger partial charge < -0.3 is 25.5 Å². The van der Waals surface area contributed by atoms with Crippen LogP contribution in [0.5, 0.6) is 11.5 Å². The first-order valence-corrected chi connectivity index (χ1v) is 9.86. The average molecular weight is 552 g/mol. The van der Waals surface area contributed by atoms with Crippen LogP contribution >= 0.6 is 31.9 Å². The number of halogens is 2. The normalized spacial score (nSPS) is 8.83.